The molecular formula is C35H61Cl2N3O7Si2. The largest absolute Gasteiger partial charge is 0.496 e. The number of nitrogens with two attached hydrogens (primary N) is 2. The Labute approximate surface area is 307 Å². The van der Waals surface area contributed by atoms with Crippen LogP contribution in [-0.4, -0.2) is 79.5 Å². The van der Waals surface area contributed by atoms with Crippen LogP contribution in [0, 0.1) is 0 Å². The lowest BCUT2D eigenvalue weighted by atomic mass is 10.1. The van der Waals surface area contributed by atoms with Gasteiger partial charge in [-0.3, -0.25) is 4.79 Å². The molecule has 2 rings (SSSR count). The van der Waals surface area contributed by atoms with Gasteiger partial charge in [0.15, 0.2) is 16.6 Å². The summed E-state index contributed by atoms with van der Waals surface area (Å²) in [6, 6.07) is 5.75. The second-order valence-corrected chi connectivity index (χ2v) is 25.2. The molecule has 0 heterocycles. The fraction of sp³-hybridized carbons (Fsp3) is 0.600. The van der Waals surface area contributed by atoms with Crippen molar-refractivity contribution in [2.24, 2.45) is 0 Å². The van der Waals surface area contributed by atoms with Crippen LogP contribution in [0.5, 0.6) is 11.5 Å². The van der Waals surface area contributed by atoms with E-state index in [1.54, 1.807) is 24.1 Å². The number of likely N-dealkylation sites (N-methyl/N-ethyl adjacent to an activating group) is 1. The Morgan fingerprint density at radius 1 is 0.776 bits per heavy atom. The summed E-state index contributed by atoms with van der Waals surface area (Å²) >= 11 is 11.7. The number of unbranched alkanes of at least 4 members (excludes halogenated alkanes) is 1. The summed E-state index contributed by atoms with van der Waals surface area (Å²) < 4.78 is 22.2. The molecule has 0 spiro atoms. The molecule has 2 aromatic rings. The molecule has 0 atom stereocenters. The van der Waals surface area contributed by atoms with Gasteiger partial charge in [-0.2, -0.15) is 0 Å². The lowest BCUT2D eigenvalue weighted by Gasteiger charge is -2.36. The Hall–Kier alpha value is -2.49. The highest BCUT2D eigenvalue weighted by atomic mass is 35.5. The van der Waals surface area contributed by atoms with E-state index < -0.39 is 22.6 Å². The molecule has 1 amide bonds. The van der Waals surface area contributed by atoms with E-state index in [0.717, 1.165) is 6.61 Å². The van der Waals surface area contributed by atoms with Gasteiger partial charge in [0.05, 0.1) is 47.8 Å². The molecule has 5 N–H and O–H groups in total. The molecule has 49 heavy (non-hydrogen) atoms. The summed E-state index contributed by atoms with van der Waals surface area (Å²) in [4.78, 5) is 24.9. The molecule has 0 aliphatic rings. The quantitative estimate of drug-likeness (QED) is 0.109. The number of amides is 1. The number of anilines is 2. The number of hydrogen-bond donors (Lipinski definition) is 3. The van der Waals surface area contributed by atoms with Crippen LogP contribution in [-0.2, 0) is 8.85 Å². The van der Waals surface area contributed by atoms with Gasteiger partial charge >= 0.3 is 5.97 Å². The SMILES string of the molecule is CCCCO[Si](C)(C)C(C)(C)C.COc1cc(N)c(Cl)cc1C(=O)N(C)CCO[Si](C)(C)C(C)(C)C.COc1cc(N)c(Cl)cc1C(=O)O. The van der Waals surface area contributed by atoms with Gasteiger partial charge in [-0.1, -0.05) is 78.1 Å². The maximum absolute atomic E-state index is 12.6. The predicted molar refractivity (Wildman–Crippen MR) is 210 cm³/mol. The number of ether oxygens (including phenoxy) is 2. The second kappa shape index (κ2) is 19.8. The smallest absolute Gasteiger partial charge is 0.339 e. The fourth-order valence-corrected chi connectivity index (χ4v) is 5.91. The van der Waals surface area contributed by atoms with E-state index in [2.05, 4.69) is 74.7 Å². The minimum absolute atomic E-state index is 0.00157. The first-order valence-corrected chi connectivity index (χ1v) is 22.9. The first-order chi connectivity index (χ1) is 22.3. The zero-order chi connectivity index (χ0) is 38.5. The maximum Gasteiger partial charge on any atom is 0.339 e. The summed E-state index contributed by atoms with van der Waals surface area (Å²) in [6.07, 6.45) is 2.43. The molecule has 0 radical (unpaired) electrons. The minimum atomic E-state index is -1.82. The van der Waals surface area contributed by atoms with E-state index in [1.165, 1.54) is 39.2 Å². The average molecular weight is 763 g/mol. The Kier molecular flexibility index (Phi) is 18.8. The molecule has 0 saturated carbocycles. The Balaban J connectivity index is 0.000000777. The summed E-state index contributed by atoms with van der Waals surface area (Å²) in [6.45, 7) is 26.6. The van der Waals surface area contributed by atoms with Crippen LogP contribution in [0.4, 0.5) is 11.4 Å². The number of nitrogen functional groups attached to an aromatic ring is 2. The van der Waals surface area contributed by atoms with Gasteiger partial charge in [-0.05, 0) is 54.8 Å². The molecule has 0 unspecified atom stereocenters. The zero-order valence-corrected chi connectivity index (χ0v) is 35.6. The molecule has 0 saturated heterocycles. The van der Waals surface area contributed by atoms with Gasteiger partial charge in [0, 0.05) is 32.3 Å². The number of nitrogens with zero attached hydrogens (tertiary/aromatic N) is 1. The highest BCUT2D eigenvalue weighted by molar-refractivity contribution is 6.74. The molecule has 14 heteroatoms. The number of hydrogen-bond acceptors (Lipinski definition) is 8. The summed E-state index contributed by atoms with van der Waals surface area (Å²) in [5.74, 6) is -0.653. The number of carbonyl (C=O) groups is 2. The van der Waals surface area contributed by atoms with E-state index >= 15 is 0 Å². The first kappa shape index (κ1) is 46.5. The van der Waals surface area contributed by atoms with E-state index in [0.29, 0.717) is 45.9 Å². The fourth-order valence-electron chi connectivity index (χ4n) is 3.46. The van der Waals surface area contributed by atoms with Crippen molar-refractivity contribution in [2.45, 2.75) is 97.6 Å². The van der Waals surface area contributed by atoms with Crippen LogP contribution in [0.1, 0.15) is 82.0 Å². The number of rotatable bonds is 12. The molecule has 0 fully saturated rings. The molecule has 2 aromatic carbocycles. The number of carboxylic acids is 1. The molecule has 0 aromatic heterocycles. The molecule has 0 aliphatic carbocycles. The van der Waals surface area contributed by atoms with Crippen molar-refractivity contribution in [3.05, 3.63) is 45.4 Å². The molecule has 0 bridgehead atoms. The third kappa shape index (κ3) is 14.7. The van der Waals surface area contributed by atoms with Gasteiger partial charge in [-0.25, -0.2) is 4.79 Å². The topological polar surface area (TPSA) is 147 Å². The number of carbonyl (C=O) groups excluding carboxylic acids is 1. The van der Waals surface area contributed by atoms with Crippen LogP contribution in [0.15, 0.2) is 24.3 Å². The molecular weight excluding hydrogens is 701 g/mol. The number of halogens is 2. The van der Waals surface area contributed by atoms with Crippen LogP contribution < -0.4 is 20.9 Å². The lowest BCUT2D eigenvalue weighted by molar-refractivity contribution is 0.0692. The predicted octanol–water partition coefficient (Wildman–Crippen LogP) is 9.46. The van der Waals surface area contributed by atoms with Gasteiger partial charge < -0.3 is 39.8 Å². The van der Waals surface area contributed by atoms with Crippen molar-refractivity contribution in [2.75, 3.05) is 52.5 Å². The Bertz CT molecular complexity index is 1380. The van der Waals surface area contributed by atoms with Gasteiger partial charge in [0.25, 0.3) is 5.91 Å². The van der Waals surface area contributed by atoms with Crippen molar-refractivity contribution in [3.8, 4) is 11.5 Å². The average Bonchev–Trinajstić information content (AvgIpc) is 2.98. The maximum atomic E-state index is 12.6. The number of benzene rings is 2. The van der Waals surface area contributed by atoms with Gasteiger partial charge in [0.2, 0.25) is 0 Å². The summed E-state index contributed by atoms with van der Waals surface area (Å²) in [5.41, 5.74) is 12.3. The zero-order valence-electron chi connectivity index (χ0n) is 32.1. The number of aromatic carboxylic acids is 1. The highest BCUT2D eigenvalue weighted by Gasteiger charge is 2.37. The van der Waals surface area contributed by atoms with E-state index in [1.807, 2.05) is 0 Å². The van der Waals surface area contributed by atoms with E-state index in [4.69, 9.17) is 58.1 Å². The van der Waals surface area contributed by atoms with Crippen LogP contribution >= 0.6 is 23.2 Å². The number of carboxylic acid groups (broad SMARTS) is 1. The van der Waals surface area contributed by atoms with Crippen LogP contribution in [0.25, 0.3) is 0 Å². The highest BCUT2D eigenvalue weighted by Crippen LogP contribution is 2.37. The standard InChI is InChI=1S/C17H29ClN2O3Si.C10H24OSi.C8H8ClNO3/c1-17(2,3)24(6,7)23-9-8-20(4)16(21)12-10-13(18)14(19)11-15(12)22-5;1-7-8-9-11-12(5,6)10(2,3)4;1-13-7-3-6(10)5(9)2-4(7)8(11)12/h10-11H,8-9,19H2,1-7H3;7-9H2,1-6H3;2-3H,10H2,1H3,(H,11,12). The first-order valence-electron chi connectivity index (χ1n) is 16.3. The van der Waals surface area contributed by atoms with Crippen molar-refractivity contribution in [3.63, 3.8) is 0 Å². The number of methoxy groups -OCH3 is 2. The van der Waals surface area contributed by atoms with Gasteiger partial charge in [0.1, 0.15) is 17.1 Å². The van der Waals surface area contributed by atoms with Crippen molar-refractivity contribution < 1.29 is 33.0 Å². The second-order valence-electron chi connectivity index (χ2n) is 14.8. The van der Waals surface area contributed by atoms with Crippen LogP contribution in [0.3, 0.4) is 0 Å². The van der Waals surface area contributed by atoms with Crippen LogP contribution in [0.2, 0.25) is 46.3 Å². The third-order valence-electron chi connectivity index (χ3n) is 8.91. The Morgan fingerprint density at radius 3 is 1.53 bits per heavy atom. The minimum Gasteiger partial charge on any atom is -0.496 e. The van der Waals surface area contributed by atoms with Crippen molar-refractivity contribution in [1.29, 1.82) is 0 Å². The van der Waals surface area contributed by atoms with Gasteiger partial charge in [-0.15, -0.1) is 0 Å². The molecule has 10 nitrogen and oxygen atoms in total. The third-order valence-corrected chi connectivity index (χ3v) is 18.6. The Morgan fingerprint density at radius 2 is 1.16 bits per heavy atom. The van der Waals surface area contributed by atoms with E-state index in [9.17, 15) is 9.59 Å². The van der Waals surface area contributed by atoms with E-state index in [-0.39, 0.29) is 27.3 Å². The van der Waals surface area contributed by atoms with Crippen molar-refractivity contribution >= 4 is 63.1 Å². The molecule has 0 aliphatic heterocycles. The monoisotopic (exact) mass is 761 g/mol. The summed E-state index contributed by atoms with van der Waals surface area (Å²) in [7, 11) is 1.34. The molecule has 280 valence electrons. The normalized spacial score (nSPS) is 11.8. The lowest BCUT2D eigenvalue weighted by Crippen LogP contribution is -2.43. The van der Waals surface area contributed by atoms with Crippen molar-refractivity contribution in [1.82, 2.24) is 4.90 Å². The summed E-state index contributed by atoms with van der Waals surface area (Å²) in [5, 5.41) is 9.78.